The molecule has 0 radical (unpaired) electrons. The van der Waals surface area contributed by atoms with Gasteiger partial charge < -0.3 is 15.7 Å². The minimum atomic E-state index is -1.10. The highest BCUT2D eigenvalue weighted by Crippen LogP contribution is 2.19. The van der Waals surface area contributed by atoms with Gasteiger partial charge in [0.25, 0.3) is 0 Å². The number of amides is 2. The summed E-state index contributed by atoms with van der Waals surface area (Å²) in [5, 5.41) is 16.0. The minimum Gasteiger partial charge on any atom is -0.384 e. The van der Waals surface area contributed by atoms with Crippen molar-refractivity contribution in [2.45, 2.75) is 25.5 Å². The Bertz CT molecular complexity index is 597. The molecular formula is C18H22N2O2. The van der Waals surface area contributed by atoms with Gasteiger partial charge in [-0.25, -0.2) is 4.79 Å². The van der Waals surface area contributed by atoms with E-state index in [1.54, 1.807) is 6.92 Å². The SMILES string of the molecule is C[C@H](NC(=O)NC[C@](C)(O)c1ccccc1)c1ccccc1. The van der Waals surface area contributed by atoms with Crippen LogP contribution in [0.25, 0.3) is 0 Å². The maximum atomic E-state index is 12.0. The van der Waals surface area contributed by atoms with Gasteiger partial charge in [0.1, 0.15) is 5.60 Å². The van der Waals surface area contributed by atoms with Gasteiger partial charge in [-0.3, -0.25) is 0 Å². The van der Waals surface area contributed by atoms with Gasteiger partial charge in [-0.1, -0.05) is 60.7 Å². The molecule has 4 heteroatoms. The number of carbonyl (C=O) groups excluding carboxylic acids is 1. The largest absolute Gasteiger partial charge is 0.384 e. The van der Waals surface area contributed by atoms with Crippen molar-refractivity contribution in [2.24, 2.45) is 0 Å². The van der Waals surface area contributed by atoms with Crippen molar-refractivity contribution in [1.82, 2.24) is 10.6 Å². The topological polar surface area (TPSA) is 61.4 Å². The van der Waals surface area contributed by atoms with E-state index in [1.165, 1.54) is 0 Å². The Hall–Kier alpha value is -2.33. The van der Waals surface area contributed by atoms with Gasteiger partial charge in [-0.15, -0.1) is 0 Å². The van der Waals surface area contributed by atoms with Crippen LogP contribution in [-0.2, 0) is 5.60 Å². The number of rotatable bonds is 5. The van der Waals surface area contributed by atoms with E-state index >= 15 is 0 Å². The molecular weight excluding hydrogens is 276 g/mol. The molecule has 0 bridgehead atoms. The minimum absolute atomic E-state index is 0.0946. The first-order valence-electron chi connectivity index (χ1n) is 7.36. The highest BCUT2D eigenvalue weighted by Gasteiger charge is 2.23. The second kappa shape index (κ2) is 7.09. The van der Waals surface area contributed by atoms with Gasteiger partial charge in [-0.05, 0) is 25.0 Å². The molecule has 116 valence electrons. The molecule has 2 aromatic rings. The first kappa shape index (κ1) is 16.0. The second-order valence-corrected chi connectivity index (χ2v) is 5.60. The molecule has 0 aliphatic rings. The van der Waals surface area contributed by atoms with E-state index in [-0.39, 0.29) is 18.6 Å². The zero-order valence-electron chi connectivity index (χ0n) is 12.9. The molecule has 0 spiro atoms. The first-order valence-corrected chi connectivity index (χ1v) is 7.36. The Kier molecular flexibility index (Phi) is 5.17. The fourth-order valence-electron chi connectivity index (χ4n) is 2.22. The molecule has 0 aliphatic carbocycles. The summed E-state index contributed by atoms with van der Waals surface area (Å²) in [7, 11) is 0. The molecule has 2 amide bonds. The fraction of sp³-hybridized carbons (Fsp3) is 0.278. The quantitative estimate of drug-likeness (QED) is 0.795. The molecule has 0 saturated heterocycles. The van der Waals surface area contributed by atoms with Crippen LogP contribution in [0.15, 0.2) is 60.7 Å². The summed E-state index contributed by atoms with van der Waals surface area (Å²) >= 11 is 0. The van der Waals surface area contributed by atoms with Crippen molar-refractivity contribution in [2.75, 3.05) is 6.54 Å². The van der Waals surface area contributed by atoms with Crippen molar-refractivity contribution < 1.29 is 9.90 Å². The predicted molar refractivity (Wildman–Crippen MR) is 87.4 cm³/mol. The summed E-state index contributed by atoms with van der Waals surface area (Å²) < 4.78 is 0. The molecule has 22 heavy (non-hydrogen) atoms. The van der Waals surface area contributed by atoms with Crippen molar-refractivity contribution in [3.8, 4) is 0 Å². The standard InChI is InChI=1S/C18H22N2O2/c1-14(15-9-5-3-6-10-15)20-17(21)19-13-18(2,22)16-11-7-4-8-12-16/h3-12,14,22H,13H2,1-2H3,(H2,19,20,21)/t14-,18-/m0/s1. The van der Waals surface area contributed by atoms with Crippen molar-refractivity contribution in [3.05, 3.63) is 71.8 Å². The molecule has 0 aromatic heterocycles. The molecule has 4 nitrogen and oxygen atoms in total. The summed E-state index contributed by atoms with van der Waals surface area (Å²) in [5.41, 5.74) is 0.702. The Morgan fingerprint density at radius 2 is 1.64 bits per heavy atom. The number of carbonyl (C=O) groups is 1. The monoisotopic (exact) mass is 298 g/mol. The number of urea groups is 1. The van der Waals surface area contributed by atoms with Gasteiger partial charge in [0.2, 0.25) is 0 Å². The maximum absolute atomic E-state index is 12.0. The van der Waals surface area contributed by atoms with Gasteiger partial charge in [-0.2, -0.15) is 0 Å². The summed E-state index contributed by atoms with van der Waals surface area (Å²) in [6.45, 7) is 3.75. The van der Waals surface area contributed by atoms with Crippen LogP contribution in [0.4, 0.5) is 4.79 Å². The third-order valence-electron chi connectivity index (χ3n) is 3.64. The third-order valence-corrected chi connectivity index (χ3v) is 3.64. The number of aliphatic hydroxyl groups is 1. The van der Waals surface area contributed by atoms with Crippen LogP contribution in [0.2, 0.25) is 0 Å². The highest BCUT2D eigenvalue weighted by molar-refractivity contribution is 5.74. The summed E-state index contributed by atoms with van der Waals surface area (Å²) in [6.07, 6.45) is 0. The van der Waals surface area contributed by atoms with Crippen LogP contribution in [0.5, 0.6) is 0 Å². The Morgan fingerprint density at radius 1 is 1.09 bits per heavy atom. The van der Waals surface area contributed by atoms with E-state index in [4.69, 9.17) is 0 Å². The molecule has 2 aromatic carbocycles. The van der Waals surface area contributed by atoms with Crippen LogP contribution in [0.3, 0.4) is 0 Å². The van der Waals surface area contributed by atoms with E-state index in [0.29, 0.717) is 0 Å². The Balaban J connectivity index is 1.88. The third kappa shape index (κ3) is 4.33. The first-order chi connectivity index (χ1) is 10.5. The molecule has 0 aliphatic heterocycles. The summed E-state index contributed by atoms with van der Waals surface area (Å²) in [4.78, 5) is 12.0. The van der Waals surface area contributed by atoms with Gasteiger partial charge in [0, 0.05) is 0 Å². The summed E-state index contributed by atoms with van der Waals surface area (Å²) in [5.74, 6) is 0. The van der Waals surface area contributed by atoms with Gasteiger partial charge >= 0.3 is 6.03 Å². The molecule has 3 N–H and O–H groups in total. The molecule has 0 saturated carbocycles. The number of benzene rings is 2. The van der Waals surface area contributed by atoms with E-state index in [1.807, 2.05) is 67.6 Å². The van der Waals surface area contributed by atoms with E-state index in [2.05, 4.69) is 10.6 Å². The average Bonchev–Trinajstić information content (AvgIpc) is 2.55. The molecule has 2 rings (SSSR count). The van der Waals surface area contributed by atoms with Gasteiger partial charge in [0.05, 0.1) is 12.6 Å². The lowest BCUT2D eigenvalue weighted by atomic mass is 9.96. The summed E-state index contributed by atoms with van der Waals surface area (Å²) in [6, 6.07) is 18.6. The lowest BCUT2D eigenvalue weighted by molar-refractivity contribution is 0.0593. The van der Waals surface area contributed by atoms with Crippen molar-refractivity contribution in [1.29, 1.82) is 0 Å². The van der Waals surface area contributed by atoms with Crippen LogP contribution in [0.1, 0.15) is 31.0 Å². The lowest BCUT2D eigenvalue weighted by Gasteiger charge is -2.25. The van der Waals surface area contributed by atoms with E-state index in [0.717, 1.165) is 11.1 Å². The van der Waals surface area contributed by atoms with E-state index < -0.39 is 5.60 Å². The highest BCUT2D eigenvalue weighted by atomic mass is 16.3. The maximum Gasteiger partial charge on any atom is 0.315 e. The van der Waals surface area contributed by atoms with Crippen LogP contribution in [0, 0.1) is 0 Å². The Labute approximate surface area is 131 Å². The van der Waals surface area contributed by atoms with Crippen molar-refractivity contribution in [3.63, 3.8) is 0 Å². The average molecular weight is 298 g/mol. The number of hydrogen-bond donors (Lipinski definition) is 3. The van der Waals surface area contributed by atoms with Crippen molar-refractivity contribution >= 4 is 6.03 Å². The van der Waals surface area contributed by atoms with E-state index in [9.17, 15) is 9.90 Å². The smallest absolute Gasteiger partial charge is 0.315 e. The molecule has 2 atom stereocenters. The zero-order valence-corrected chi connectivity index (χ0v) is 12.9. The lowest BCUT2D eigenvalue weighted by Crippen LogP contribution is -2.44. The normalized spacial score (nSPS) is 14.7. The zero-order chi connectivity index (χ0) is 16.0. The fourth-order valence-corrected chi connectivity index (χ4v) is 2.22. The van der Waals surface area contributed by atoms with Crippen LogP contribution < -0.4 is 10.6 Å². The second-order valence-electron chi connectivity index (χ2n) is 5.60. The number of nitrogens with one attached hydrogen (secondary N) is 2. The Morgan fingerprint density at radius 3 is 2.23 bits per heavy atom. The molecule has 0 heterocycles. The van der Waals surface area contributed by atoms with Crippen LogP contribution in [-0.4, -0.2) is 17.7 Å². The van der Waals surface area contributed by atoms with Crippen LogP contribution >= 0.6 is 0 Å². The number of hydrogen-bond acceptors (Lipinski definition) is 2. The molecule has 0 unspecified atom stereocenters. The molecule has 0 fully saturated rings. The predicted octanol–water partition coefficient (Wildman–Crippen LogP) is 2.95. The van der Waals surface area contributed by atoms with Gasteiger partial charge in [0.15, 0.2) is 0 Å².